The lowest BCUT2D eigenvalue weighted by Crippen LogP contribution is -2.07. The van der Waals surface area contributed by atoms with Gasteiger partial charge in [0.1, 0.15) is 0 Å². The molecule has 0 saturated carbocycles. The van der Waals surface area contributed by atoms with Gasteiger partial charge in [0.05, 0.1) is 29.5 Å². The largest absolute Gasteiger partial charge is 0.493 e. The second-order valence-corrected chi connectivity index (χ2v) is 5.22. The van der Waals surface area contributed by atoms with Gasteiger partial charge in [-0.15, -0.1) is 0 Å². The lowest BCUT2D eigenvalue weighted by molar-refractivity contribution is -0.136. The van der Waals surface area contributed by atoms with Crippen LogP contribution in [-0.2, 0) is 9.63 Å². The molecule has 0 saturated heterocycles. The van der Waals surface area contributed by atoms with Crippen molar-refractivity contribution in [2.75, 3.05) is 7.11 Å². The molecular weight excluding hydrogens is 294 g/mol. The standard InChI is InChI=1S/C15H16ClNO4/c1-8(2)20-14-12(16)6-10(7-13(14)19-4)5-11-9(3)17-21-15(11)18/h5-8H,1-4H3. The van der Waals surface area contributed by atoms with E-state index in [0.717, 1.165) is 0 Å². The van der Waals surface area contributed by atoms with Crippen LogP contribution in [0.25, 0.3) is 6.08 Å². The number of oxime groups is 1. The Hall–Kier alpha value is -2.01. The Morgan fingerprint density at radius 2 is 2.10 bits per heavy atom. The minimum Gasteiger partial charge on any atom is -0.493 e. The van der Waals surface area contributed by atoms with Crippen molar-refractivity contribution in [2.24, 2.45) is 5.16 Å². The van der Waals surface area contributed by atoms with Gasteiger partial charge >= 0.3 is 5.97 Å². The third-order valence-electron chi connectivity index (χ3n) is 2.79. The maximum absolute atomic E-state index is 11.5. The maximum atomic E-state index is 11.5. The fourth-order valence-electron chi connectivity index (χ4n) is 1.86. The average molecular weight is 310 g/mol. The molecule has 21 heavy (non-hydrogen) atoms. The molecule has 1 aliphatic heterocycles. The Balaban J connectivity index is 2.43. The molecule has 0 fully saturated rings. The second-order valence-electron chi connectivity index (χ2n) is 4.81. The third kappa shape index (κ3) is 3.36. The Kier molecular flexibility index (Phi) is 4.53. The highest BCUT2D eigenvalue weighted by Crippen LogP contribution is 2.37. The van der Waals surface area contributed by atoms with Gasteiger partial charge in [-0.3, -0.25) is 0 Å². The van der Waals surface area contributed by atoms with Crippen LogP contribution < -0.4 is 9.47 Å². The van der Waals surface area contributed by atoms with Gasteiger partial charge in [0.2, 0.25) is 0 Å². The van der Waals surface area contributed by atoms with Crippen molar-refractivity contribution in [1.82, 2.24) is 0 Å². The van der Waals surface area contributed by atoms with Gasteiger partial charge in [0, 0.05) is 0 Å². The molecule has 0 unspecified atom stereocenters. The Morgan fingerprint density at radius 1 is 1.38 bits per heavy atom. The van der Waals surface area contributed by atoms with Crippen LogP contribution in [0.1, 0.15) is 26.3 Å². The van der Waals surface area contributed by atoms with Gasteiger partial charge in [-0.1, -0.05) is 16.8 Å². The highest BCUT2D eigenvalue weighted by atomic mass is 35.5. The van der Waals surface area contributed by atoms with Crippen molar-refractivity contribution < 1.29 is 19.1 Å². The number of rotatable bonds is 4. The zero-order valence-corrected chi connectivity index (χ0v) is 13.0. The summed E-state index contributed by atoms with van der Waals surface area (Å²) in [5.74, 6) is 0.504. The summed E-state index contributed by atoms with van der Waals surface area (Å²) in [6, 6.07) is 3.45. The number of halogens is 1. The summed E-state index contributed by atoms with van der Waals surface area (Å²) in [7, 11) is 1.53. The van der Waals surface area contributed by atoms with Gasteiger partial charge in [-0.05, 0) is 44.5 Å². The number of benzene rings is 1. The zero-order chi connectivity index (χ0) is 15.6. The van der Waals surface area contributed by atoms with Gasteiger partial charge in [-0.25, -0.2) is 4.79 Å². The van der Waals surface area contributed by atoms with Crippen molar-refractivity contribution in [2.45, 2.75) is 26.9 Å². The minimum absolute atomic E-state index is 0.0280. The number of carbonyl (C=O) groups excluding carboxylic acids is 1. The molecule has 1 heterocycles. The average Bonchev–Trinajstić information content (AvgIpc) is 2.73. The van der Waals surface area contributed by atoms with E-state index in [-0.39, 0.29) is 6.10 Å². The molecule has 0 bridgehead atoms. The fraction of sp³-hybridized carbons (Fsp3) is 0.333. The Labute approximate surface area is 128 Å². The molecule has 0 amide bonds. The summed E-state index contributed by atoms with van der Waals surface area (Å²) >= 11 is 6.23. The first-order valence-corrected chi connectivity index (χ1v) is 6.82. The summed E-state index contributed by atoms with van der Waals surface area (Å²) in [5, 5.41) is 4.04. The number of hydrogen-bond acceptors (Lipinski definition) is 5. The molecule has 1 aromatic rings. The molecule has 0 spiro atoms. The van der Waals surface area contributed by atoms with E-state index >= 15 is 0 Å². The van der Waals surface area contributed by atoms with Crippen molar-refractivity contribution >= 4 is 29.4 Å². The van der Waals surface area contributed by atoms with Crippen molar-refractivity contribution in [1.29, 1.82) is 0 Å². The lowest BCUT2D eigenvalue weighted by atomic mass is 10.1. The normalized spacial score (nSPS) is 16.2. The molecule has 2 rings (SSSR count). The minimum atomic E-state index is -0.481. The van der Waals surface area contributed by atoms with E-state index < -0.39 is 5.97 Å². The Bertz CT molecular complexity index is 635. The van der Waals surface area contributed by atoms with Crippen molar-refractivity contribution in [3.63, 3.8) is 0 Å². The molecule has 1 aromatic carbocycles. The van der Waals surface area contributed by atoms with Gasteiger partial charge < -0.3 is 14.3 Å². The third-order valence-corrected chi connectivity index (χ3v) is 3.07. The number of ether oxygens (including phenoxy) is 2. The monoisotopic (exact) mass is 309 g/mol. The van der Waals surface area contributed by atoms with Crippen LogP contribution >= 0.6 is 11.6 Å². The number of carbonyl (C=O) groups is 1. The summed E-state index contributed by atoms with van der Waals surface area (Å²) in [4.78, 5) is 16.2. The topological polar surface area (TPSA) is 57.1 Å². The quantitative estimate of drug-likeness (QED) is 0.631. The molecule has 0 atom stereocenters. The molecule has 112 valence electrons. The van der Waals surface area contributed by atoms with Crippen LogP contribution in [0.5, 0.6) is 11.5 Å². The second kappa shape index (κ2) is 6.18. The number of methoxy groups -OCH3 is 1. The molecular formula is C15H16ClNO4. The summed E-state index contributed by atoms with van der Waals surface area (Å²) in [6.45, 7) is 5.51. The predicted molar refractivity (Wildman–Crippen MR) is 80.9 cm³/mol. The van der Waals surface area contributed by atoms with E-state index in [0.29, 0.717) is 33.4 Å². The van der Waals surface area contributed by atoms with Gasteiger partial charge in [-0.2, -0.15) is 0 Å². The molecule has 0 N–H and O–H groups in total. The van der Waals surface area contributed by atoms with Crippen LogP contribution in [0.4, 0.5) is 0 Å². The van der Waals surface area contributed by atoms with Crippen LogP contribution in [0, 0.1) is 0 Å². The first kappa shape index (κ1) is 15.4. The van der Waals surface area contributed by atoms with E-state index in [4.69, 9.17) is 21.1 Å². The van der Waals surface area contributed by atoms with E-state index in [2.05, 4.69) is 9.99 Å². The Morgan fingerprint density at radius 3 is 2.62 bits per heavy atom. The highest BCUT2D eigenvalue weighted by molar-refractivity contribution is 6.32. The SMILES string of the molecule is COc1cc(C=C2C(=O)ON=C2C)cc(Cl)c1OC(C)C. The maximum Gasteiger partial charge on any atom is 0.367 e. The van der Waals surface area contributed by atoms with E-state index in [1.165, 1.54) is 7.11 Å². The number of hydrogen-bond donors (Lipinski definition) is 0. The highest BCUT2D eigenvalue weighted by Gasteiger charge is 2.22. The lowest BCUT2D eigenvalue weighted by Gasteiger charge is -2.15. The van der Waals surface area contributed by atoms with Crippen LogP contribution in [0.2, 0.25) is 5.02 Å². The molecule has 0 aliphatic carbocycles. The molecule has 0 radical (unpaired) electrons. The van der Waals surface area contributed by atoms with Crippen LogP contribution in [-0.4, -0.2) is 24.9 Å². The van der Waals surface area contributed by atoms with Crippen molar-refractivity contribution in [3.05, 3.63) is 28.3 Å². The van der Waals surface area contributed by atoms with Crippen molar-refractivity contribution in [3.8, 4) is 11.5 Å². The summed E-state index contributed by atoms with van der Waals surface area (Å²) in [5.41, 5.74) is 1.62. The summed E-state index contributed by atoms with van der Waals surface area (Å²) in [6.07, 6.45) is 1.63. The molecule has 0 aromatic heterocycles. The molecule has 6 heteroatoms. The van der Waals surface area contributed by atoms with E-state index in [1.54, 1.807) is 25.1 Å². The summed E-state index contributed by atoms with van der Waals surface area (Å²) < 4.78 is 10.9. The molecule has 5 nitrogen and oxygen atoms in total. The smallest absolute Gasteiger partial charge is 0.367 e. The first-order valence-electron chi connectivity index (χ1n) is 6.44. The number of nitrogens with zero attached hydrogens (tertiary/aromatic N) is 1. The van der Waals surface area contributed by atoms with Gasteiger partial charge in [0.15, 0.2) is 11.5 Å². The van der Waals surface area contributed by atoms with E-state index in [9.17, 15) is 4.79 Å². The first-order chi connectivity index (χ1) is 9.92. The fourth-order valence-corrected chi connectivity index (χ4v) is 2.12. The van der Waals surface area contributed by atoms with Crippen LogP contribution in [0.3, 0.4) is 0 Å². The van der Waals surface area contributed by atoms with E-state index in [1.807, 2.05) is 13.8 Å². The van der Waals surface area contributed by atoms with Gasteiger partial charge in [0.25, 0.3) is 0 Å². The predicted octanol–water partition coefficient (Wildman–Crippen LogP) is 3.45. The molecule has 1 aliphatic rings. The zero-order valence-electron chi connectivity index (χ0n) is 12.3. The van der Waals surface area contributed by atoms with Crippen LogP contribution in [0.15, 0.2) is 22.9 Å².